The molecule has 2 aromatic rings. The van der Waals surface area contributed by atoms with Crippen molar-refractivity contribution >= 4 is 56.2 Å². The summed E-state index contributed by atoms with van der Waals surface area (Å²) in [6.45, 7) is 2.15. The van der Waals surface area contributed by atoms with E-state index in [4.69, 9.17) is 11.6 Å². The van der Waals surface area contributed by atoms with Crippen LogP contribution >= 0.6 is 27.5 Å². The third-order valence-electron chi connectivity index (χ3n) is 3.96. The van der Waals surface area contributed by atoms with E-state index in [1.165, 1.54) is 30.5 Å². The summed E-state index contributed by atoms with van der Waals surface area (Å²) in [7, 11) is -1.56. The van der Waals surface area contributed by atoms with Gasteiger partial charge in [-0.3, -0.25) is 10.1 Å². The van der Waals surface area contributed by atoms with E-state index in [0.29, 0.717) is 4.47 Å². The van der Waals surface area contributed by atoms with Gasteiger partial charge in [-0.1, -0.05) is 33.6 Å². The number of halogens is 4. The zero-order valence-electron chi connectivity index (χ0n) is 17.2. The number of aromatic nitrogens is 1. The van der Waals surface area contributed by atoms with E-state index in [1.807, 2.05) is 0 Å². The van der Waals surface area contributed by atoms with Crippen LogP contribution in [0.4, 0.5) is 20.3 Å². The lowest BCUT2D eigenvalue weighted by Gasteiger charge is -2.22. The highest BCUT2D eigenvalue weighted by atomic mass is 79.9. The lowest BCUT2D eigenvalue weighted by molar-refractivity contribution is -0.384. The summed E-state index contributed by atoms with van der Waals surface area (Å²) in [5, 5.41) is 14.3. The molecule has 0 aliphatic rings. The van der Waals surface area contributed by atoms with E-state index < -0.39 is 33.3 Å². The molecule has 0 fully saturated rings. The van der Waals surface area contributed by atoms with Crippen LogP contribution in [-0.4, -0.2) is 31.7 Å². The lowest BCUT2D eigenvalue weighted by atomic mass is 10.0. The van der Waals surface area contributed by atoms with Crippen molar-refractivity contribution in [3.63, 3.8) is 0 Å². The van der Waals surface area contributed by atoms with Crippen molar-refractivity contribution < 1.29 is 22.6 Å². The molecule has 174 valence electrons. The largest absolute Gasteiger partial charge is 0.434 e. The van der Waals surface area contributed by atoms with Gasteiger partial charge < -0.3 is 10.1 Å². The number of nitrogens with one attached hydrogen (secondary N) is 1. The molecule has 0 aliphatic carbocycles. The Balaban J connectivity index is 2.53. The Bertz CT molecular complexity index is 1040. The van der Waals surface area contributed by atoms with Gasteiger partial charge in [0.2, 0.25) is 5.82 Å². The summed E-state index contributed by atoms with van der Waals surface area (Å²) in [5.74, 6) is -0.321. The van der Waals surface area contributed by atoms with Crippen LogP contribution < -0.4 is 10.1 Å². The number of alkyl halides is 2. The fourth-order valence-electron chi connectivity index (χ4n) is 2.52. The Morgan fingerprint density at radius 2 is 2.06 bits per heavy atom. The predicted octanol–water partition coefficient (Wildman–Crippen LogP) is 6.08. The van der Waals surface area contributed by atoms with Crippen LogP contribution in [0.2, 0.25) is 5.15 Å². The fraction of sp³-hybridized carbons (Fsp3) is 0.368. The number of ether oxygens (including phenoxy) is 1. The number of pyridine rings is 1. The monoisotopic (exact) mass is 552 g/mol. The maximum Gasteiger partial charge on any atom is 0.387 e. The summed E-state index contributed by atoms with van der Waals surface area (Å²) in [5.41, 5.74) is -0.116. The Hall–Kier alpha value is -2.18. The SMILES string of the molecule is CC(C)(C)[S@@](=O)/N=C/C[C@@H](Nc1nc(Cl)ccc1[N+](=O)[O-])c1c(Br)cccc1OC(F)F. The van der Waals surface area contributed by atoms with Gasteiger partial charge in [0.05, 0.1) is 15.7 Å². The van der Waals surface area contributed by atoms with Crippen molar-refractivity contribution in [3.05, 3.63) is 55.6 Å². The molecule has 1 aromatic heterocycles. The Morgan fingerprint density at radius 3 is 2.66 bits per heavy atom. The molecule has 0 saturated carbocycles. The average Bonchev–Trinajstić information content (AvgIpc) is 2.66. The zero-order valence-corrected chi connectivity index (χ0v) is 20.4. The standard InChI is InChI=1S/C19H20BrClF2N4O4S/c1-19(2,3)32(30)24-10-9-12(16-11(20)5-4-6-14(16)31-18(22)23)25-17-13(27(28)29)7-8-15(21)26-17/h4-8,10,12,18H,9H2,1-3H3,(H,25,26)/b24-10+/t12-,32-/m1/s1. The van der Waals surface area contributed by atoms with Crippen molar-refractivity contribution in [2.75, 3.05) is 5.32 Å². The second kappa shape index (κ2) is 11.1. The molecule has 0 unspecified atom stereocenters. The van der Waals surface area contributed by atoms with E-state index in [9.17, 15) is 23.1 Å². The third kappa shape index (κ3) is 7.17. The first-order valence-corrected chi connectivity index (χ1v) is 11.4. The quantitative estimate of drug-likeness (QED) is 0.174. The molecule has 2 atom stereocenters. The molecule has 1 heterocycles. The molecule has 0 radical (unpaired) electrons. The maximum absolute atomic E-state index is 13.0. The molecule has 1 N–H and O–H groups in total. The minimum atomic E-state index is -3.09. The first kappa shape index (κ1) is 26.1. The van der Waals surface area contributed by atoms with Gasteiger partial charge in [-0.15, -0.1) is 0 Å². The highest BCUT2D eigenvalue weighted by molar-refractivity contribution is 9.10. The van der Waals surface area contributed by atoms with Gasteiger partial charge in [-0.05, 0) is 39.0 Å². The average molecular weight is 554 g/mol. The number of anilines is 1. The minimum absolute atomic E-state index is 0.00413. The molecule has 0 saturated heterocycles. The highest BCUT2D eigenvalue weighted by Gasteiger charge is 2.25. The number of hydrogen-bond acceptors (Lipinski definition) is 6. The Morgan fingerprint density at radius 1 is 1.38 bits per heavy atom. The molecule has 0 bridgehead atoms. The molecule has 0 amide bonds. The topological polar surface area (TPSA) is 107 Å². The van der Waals surface area contributed by atoms with E-state index in [0.717, 1.165) is 0 Å². The van der Waals surface area contributed by atoms with Crippen LogP contribution in [-0.2, 0) is 11.0 Å². The van der Waals surface area contributed by atoms with Crippen LogP contribution in [0.5, 0.6) is 5.75 Å². The van der Waals surface area contributed by atoms with Gasteiger partial charge in [0.15, 0.2) is 0 Å². The smallest absolute Gasteiger partial charge is 0.387 e. The van der Waals surface area contributed by atoms with Gasteiger partial charge in [0.1, 0.15) is 21.9 Å². The summed E-state index contributed by atoms with van der Waals surface area (Å²) in [4.78, 5) is 14.7. The van der Waals surface area contributed by atoms with Crippen LogP contribution in [0, 0.1) is 10.1 Å². The van der Waals surface area contributed by atoms with Gasteiger partial charge in [0, 0.05) is 28.7 Å². The Kier molecular flexibility index (Phi) is 9.05. The van der Waals surface area contributed by atoms with Crippen molar-refractivity contribution in [2.24, 2.45) is 4.40 Å². The molecule has 32 heavy (non-hydrogen) atoms. The van der Waals surface area contributed by atoms with E-state index in [1.54, 1.807) is 26.8 Å². The van der Waals surface area contributed by atoms with E-state index >= 15 is 0 Å². The number of nitro groups is 1. The van der Waals surface area contributed by atoms with Crippen molar-refractivity contribution in [2.45, 2.75) is 44.6 Å². The van der Waals surface area contributed by atoms with E-state index in [-0.39, 0.29) is 34.4 Å². The summed E-state index contributed by atoms with van der Waals surface area (Å²) < 4.78 is 46.7. The molecule has 8 nitrogen and oxygen atoms in total. The van der Waals surface area contributed by atoms with Crippen LogP contribution in [0.15, 0.2) is 39.2 Å². The first-order chi connectivity index (χ1) is 14.9. The van der Waals surface area contributed by atoms with Gasteiger partial charge >= 0.3 is 12.3 Å². The third-order valence-corrected chi connectivity index (χ3v) is 6.25. The molecule has 13 heteroatoms. The zero-order chi connectivity index (χ0) is 24.1. The molecule has 0 spiro atoms. The number of benzene rings is 1. The normalized spacial score (nSPS) is 13.9. The van der Waals surface area contributed by atoms with Crippen LogP contribution in [0.3, 0.4) is 0 Å². The minimum Gasteiger partial charge on any atom is -0.434 e. The van der Waals surface area contributed by atoms with Gasteiger partial charge in [-0.25, -0.2) is 9.19 Å². The molecular formula is C19H20BrClF2N4O4S. The number of nitrogens with zero attached hydrogens (tertiary/aromatic N) is 3. The lowest BCUT2D eigenvalue weighted by Crippen LogP contribution is -2.20. The molecule has 0 aliphatic heterocycles. The van der Waals surface area contributed by atoms with Crippen molar-refractivity contribution in [1.82, 2.24) is 4.98 Å². The predicted molar refractivity (Wildman–Crippen MR) is 124 cm³/mol. The summed E-state index contributed by atoms with van der Waals surface area (Å²) in [6, 6.07) is 6.01. The van der Waals surface area contributed by atoms with Crippen molar-refractivity contribution in [3.8, 4) is 5.75 Å². The van der Waals surface area contributed by atoms with Gasteiger partial charge in [-0.2, -0.15) is 13.2 Å². The number of rotatable bonds is 9. The highest BCUT2D eigenvalue weighted by Crippen LogP contribution is 2.38. The molecular weight excluding hydrogens is 534 g/mol. The molecule has 1 aromatic carbocycles. The second-order valence-corrected chi connectivity index (χ2v) is 10.5. The van der Waals surface area contributed by atoms with Crippen LogP contribution in [0.25, 0.3) is 0 Å². The summed E-state index contributed by atoms with van der Waals surface area (Å²) in [6.07, 6.45) is 1.39. The second-order valence-electron chi connectivity index (χ2n) is 7.37. The fourth-order valence-corrected chi connectivity index (χ4v) is 3.83. The Labute approximate surface area is 199 Å². The summed E-state index contributed by atoms with van der Waals surface area (Å²) >= 11 is 9.22. The van der Waals surface area contributed by atoms with E-state index in [2.05, 4.69) is 35.4 Å². The number of hydrogen-bond donors (Lipinski definition) is 1. The van der Waals surface area contributed by atoms with Crippen LogP contribution in [0.1, 0.15) is 38.8 Å². The maximum atomic E-state index is 13.0. The molecule has 2 rings (SSSR count). The van der Waals surface area contributed by atoms with Gasteiger partial charge in [0.25, 0.3) is 0 Å². The first-order valence-electron chi connectivity index (χ1n) is 9.15. The van der Waals surface area contributed by atoms with Crippen molar-refractivity contribution in [1.29, 1.82) is 0 Å².